The van der Waals surface area contributed by atoms with Gasteiger partial charge in [0.15, 0.2) is 0 Å². The van der Waals surface area contributed by atoms with Gasteiger partial charge in [-0.2, -0.15) is 0 Å². The summed E-state index contributed by atoms with van der Waals surface area (Å²) in [5.74, 6) is 0. The summed E-state index contributed by atoms with van der Waals surface area (Å²) in [7, 11) is 2.13. The van der Waals surface area contributed by atoms with Crippen molar-refractivity contribution in [3.8, 4) is 5.69 Å². The van der Waals surface area contributed by atoms with Crippen LogP contribution in [0, 0.1) is 0 Å². The van der Waals surface area contributed by atoms with E-state index in [1.807, 2.05) is 0 Å². The average Bonchev–Trinajstić information content (AvgIpc) is 3.13. The van der Waals surface area contributed by atoms with E-state index in [1.165, 1.54) is 44.4 Å². The van der Waals surface area contributed by atoms with Crippen LogP contribution >= 0.6 is 0 Å². The second-order valence-electron chi connectivity index (χ2n) is 9.24. The fourth-order valence-electron chi connectivity index (χ4n) is 4.36. The van der Waals surface area contributed by atoms with Gasteiger partial charge < -0.3 is 9.47 Å². The first-order chi connectivity index (χ1) is 14.9. The van der Waals surface area contributed by atoms with Crippen molar-refractivity contribution in [2.24, 2.45) is 0 Å². The van der Waals surface area contributed by atoms with Crippen molar-refractivity contribution in [2.45, 2.75) is 26.2 Å². The van der Waals surface area contributed by atoms with Crippen molar-refractivity contribution < 1.29 is 0 Å². The minimum atomic E-state index is 0.168. The van der Waals surface area contributed by atoms with Crippen LogP contribution in [-0.2, 0) is 5.41 Å². The topological polar surface area (TPSA) is 8.17 Å². The van der Waals surface area contributed by atoms with Gasteiger partial charge in [-0.1, -0.05) is 69.3 Å². The van der Waals surface area contributed by atoms with Gasteiger partial charge in [-0.15, -0.1) is 0 Å². The van der Waals surface area contributed by atoms with Crippen molar-refractivity contribution in [3.63, 3.8) is 0 Å². The summed E-state index contributed by atoms with van der Waals surface area (Å²) in [6.45, 7) is 6.75. The Kier molecular flexibility index (Phi) is 4.59. The summed E-state index contributed by atoms with van der Waals surface area (Å²) in [6, 6.07) is 35.0. The normalized spacial score (nSPS) is 11.9. The third-order valence-corrected chi connectivity index (χ3v) is 6.20. The van der Waals surface area contributed by atoms with Crippen molar-refractivity contribution in [2.75, 3.05) is 11.9 Å². The molecule has 1 aromatic heterocycles. The Labute approximate surface area is 184 Å². The van der Waals surface area contributed by atoms with Crippen LogP contribution in [0.2, 0.25) is 0 Å². The van der Waals surface area contributed by atoms with Crippen LogP contribution in [0.3, 0.4) is 0 Å². The smallest absolute Gasteiger partial charge is 0.0541 e. The molecule has 0 aliphatic rings. The molecule has 2 heteroatoms. The molecule has 0 unspecified atom stereocenters. The van der Waals surface area contributed by atoms with Crippen molar-refractivity contribution in [1.29, 1.82) is 0 Å². The van der Waals surface area contributed by atoms with Gasteiger partial charge in [-0.05, 0) is 59.5 Å². The molecule has 0 bridgehead atoms. The molecule has 0 saturated heterocycles. The van der Waals surface area contributed by atoms with Crippen LogP contribution in [0.15, 0.2) is 97.1 Å². The van der Waals surface area contributed by atoms with Gasteiger partial charge in [0.05, 0.1) is 11.0 Å². The zero-order valence-corrected chi connectivity index (χ0v) is 18.6. The molecule has 0 atom stereocenters. The lowest BCUT2D eigenvalue weighted by molar-refractivity contribution is 0.590. The molecule has 0 aliphatic heterocycles. The van der Waals surface area contributed by atoms with Gasteiger partial charge in [0.1, 0.15) is 0 Å². The highest BCUT2D eigenvalue weighted by Crippen LogP contribution is 2.33. The zero-order chi connectivity index (χ0) is 21.6. The van der Waals surface area contributed by atoms with E-state index in [-0.39, 0.29) is 5.41 Å². The molecule has 0 radical (unpaired) electrons. The van der Waals surface area contributed by atoms with E-state index < -0.39 is 0 Å². The van der Waals surface area contributed by atoms with Crippen LogP contribution in [0.4, 0.5) is 11.4 Å². The van der Waals surface area contributed by atoms with E-state index in [1.54, 1.807) is 0 Å². The van der Waals surface area contributed by atoms with Crippen LogP contribution < -0.4 is 4.90 Å². The molecule has 4 aromatic carbocycles. The number of fused-ring (bicyclic) bond motifs is 3. The van der Waals surface area contributed by atoms with E-state index in [0.29, 0.717) is 0 Å². The highest BCUT2D eigenvalue weighted by atomic mass is 15.1. The van der Waals surface area contributed by atoms with E-state index in [2.05, 4.69) is 134 Å². The number of rotatable bonds is 3. The summed E-state index contributed by atoms with van der Waals surface area (Å²) < 4.78 is 2.35. The first-order valence-corrected chi connectivity index (χ1v) is 10.9. The Morgan fingerprint density at radius 1 is 0.581 bits per heavy atom. The lowest BCUT2D eigenvalue weighted by Crippen LogP contribution is -2.13. The molecule has 5 aromatic rings. The maximum Gasteiger partial charge on any atom is 0.0541 e. The molecular weight excluding hydrogens is 376 g/mol. The van der Waals surface area contributed by atoms with E-state index >= 15 is 0 Å². The molecule has 0 spiro atoms. The van der Waals surface area contributed by atoms with Gasteiger partial charge in [-0.25, -0.2) is 0 Å². The molecule has 31 heavy (non-hydrogen) atoms. The second kappa shape index (κ2) is 7.31. The number of hydrogen-bond acceptors (Lipinski definition) is 1. The molecule has 0 amide bonds. The number of hydrogen-bond donors (Lipinski definition) is 0. The van der Waals surface area contributed by atoms with Crippen LogP contribution in [0.1, 0.15) is 26.3 Å². The number of benzene rings is 4. The van der Waals surface area contributed by atoms with E-state index in [4.69, 9.17) is 0 Å². The lowest BCUT2D eigenvalue weighted by atomic mass is 9.87. The number of anilines is 2. The first-order valence-electron chi connectivity index (χ1n) is 10.9. The second-order valence-corrected chi connectivity index (χ2v) is 9.24. The summed E-state index contributed by atoms with van der Waals surface area (Å²) in [5, 5.41) is 2.58. The number of nitrogens with zero attached hydrogens (tertiary/aromatic N) is 2. The third-order valence-electron chi connectivity index (χ3n) is 6.20. The van der Waals surface area contributed by atoms with E-state index in [0.717, 1.165) is 0 Å². The Balaban J connectivity index is 1.52. The largest absolute Gasteiger partial charge is 0.345 e. The molecule has 154 valence electrons. The Bertz CT molecular complexity index is 1300. The van der Waals surface area contributed by atoms with E-state index in [9.17, 15) is 0 Å². The SMILES string of the molecule is CN(c1ccc(-n2c3ccccc3c3ccccc32)cc1)c1ccc(C(C)(C)C)cc1. The number of para-hydroxylation sites is 2. The van der Waals surface area contributed by atoms with Gasteiger partial charge in [0.2, 0.25) is 0 Å². The predicted molar refractivity (Wildman–Crippen MR) is 134 cm³/mol. The highest BCUT2D eigenvalue weighted by molar-refractivity contribution is 6.09. The summed E-state index contributed by atoms with van der Waals surface area (Å²) in [5.41, 5.74) is 7.54. The molecule has 0 fully saturated rings. The monoisotopic (exact) mass is 404 g/mol. The van der Waals surface area contributed by atoms with Crippen molar-refractivity contribution in [1.82, 2.24) is 4.57 Å². The fourth-order valence-corrected chi connectivity index (χ4v) is 4.36. The number of aromatic nitrogens is 1. The Morgan fingerprint density at radius 2 is 1.03 bits per heavy atom. The van der Waals surface area contributed by atoms with Crippen LogP contribution in [0.5, 0.6) is 0 Å². The molecule has 2 nitrogen and oxygen atoms in total. The summed E-state index contributed by atoms with van der Waals surface area (Å²) in [6.07, 6.45) is 0. The average molecular weight is 405 g/mol. The maximum absolute atomic E-state index is 2.35. The van der Waals surface area contributed by atoms with Crippen molar-refractivity contribution >= 4 is 33.2 Å². The molecule has 5 rings (SSSR count). The van der Waals surface area contributed by atoms with Crippen LogP contribution in [-0.4, -0.2) is 11.6 Å². The third kappa shape index (κ3) is 3.38. The first kappa shape index (κ1) is 19.4. The quantitative estimate of drug-likeness (QED) is 0.297. The molecule has 1 heterocycles. The van der Waals surface area contributed by atoms with Gasteiger partial charge in [-0.3, -0.25) is 0 Å². The standard InChI is InChI=1S/C29H28N2/c1-29(2,3)21-13-15-22(16-14-21)30(4)23-17-19-24(20-18-23)31-27-11-7-5-9-25(27)26-10-6-8-12-28(26)31/h5-20H,1-4H3. The summed E-state index contributed by atoms with van der Waals surface area (Å²) in [4.78, 5) is 2.24. The molecule has 0 N–H and O–H groups in total. The lowest BCUT2D eigenvalue weighted by Gasteiger charge is -2.23. The zero-order valence-electron chi connectivity index (χ0n) is 18.6. The maximum atomic E-state index is 2.35. The fraction of sp³-hybridized carbons (Fsp3) is 0.172. The Hall–Kier alpha value is -3.52. The molecule has 0 aliphatic carbocycles. The highest BCUT2D eigenvalue weighted by Gasteiger charge is 2.14. The minimum absolute atomic E-state index is 0.168. The Morgan fingerprint density at radius 3 is 1.52 bits per heavy atom. The van der Waals surface area contributed by atoms with Gasteiger partial charge in [0, 0.05) is 34.9 Å². The summed E-state index contributed by atoms with van der Waals surface area (Å²) >= 11 is 0. The van der Waals surface area contributed by atoms with Gasteiger partial charge in [0.25, 0.3) is 0 Å². The van der Waals surface area contributed by atoms with Gasteiger partial charge >= 0.3 is 0 Å². The van der Waals surface area contributed by atoms with Crippen LogP contribution in [0.25, 0.3) is 27.5 Å². The predicted octanol–water partition coefficient (Wildman–Crippen LogP) is 7.85. The molecule has 0 saturated carbocycles. The molecular formula is C29H28N2. The van der Waals surface area contributed by atoms with Crippen molar-refractivity contribution in [3.05, 3.63) is 103 Å². The minimum Gasteiger partial charge on any atom is -0.345 e.